The molecule has 3 N–H and O–H groups in total. The number of furan rings is 1. The van der Waals surface area contributed by atoms with E-state index in [2.05, 4.69) is 5.32 Å². The Morgan fingerprint density at radius 1 is 1.23 bits per heavy atom. The van der Waals surface area contributed by atoms with Gasteiger partial charge >= 0.3 is 0 Å². The molecule has 2 heterocycles. The summed E-state index contributed by atoms with van der Waals surface area (Å²) in [5.74, 6) is -0.662. The van der Waals surface area contributed by atoms with Crippen molar-refractivity contribution >= 4 is 27.5 Å². The topological polar surface area (TPSA) is 123 Å². The smallest absolute Gasteiger partial charge is 0.290 e. The number of likely N-dealkylation sites (tertiary alicyclic amines) is 1. The molecule has 0 spiro atoms. The number of nitrogens with two attached hydrogens (primary N) is 1. The second-order valence-electron chi connectivity index (χ2n) is 6.13. The van der Waals surface area contributed by atoms with E-state index in [-0.39, 0.29) is 23.3 Å². The fourth-order valence-electron chi connectivity index (χ4n) is 2.97. The van der Waals surface area contributed by atoms with Gasteiger partial charge in [-0.05, 0) is 42.7 Å². The summed E-state index contributed by atoms with van der Waals surface area (Å²) in [7, 11) is -3.60. The number of benzene rings is 1. The second-order valence-corrected chi connectivity index (χ2v) is 7.74. The highest BCUT2D eigenvalue weighted by molar-refractivity contribution is 7.88. The van der Waals surface area contributed by atoms with Crippen LogP contribution in [0.3, 0.4) is 0 Å². The highest BCUT2D eigenvalue weighted by Crippen LogP contribution is 2.22. The number of sulfonamides is 1. The van der Waals surface area contributed by atoms with E-state index >= 15 is 0 Å². The quantitative estimate of drug-likeness (QED) is 0.813. The summed E-state index contributed by atoms with van der Waals surface area (Å²) in [6.45, 7) is 0.491. The monoisotopic (exact) mass is 377 g/mol. The first-order valence-corrected chi connectivity index (χ1v) is 9.80. The van der Waals surface area contributed by atoms with Crippen LogP contribution >= 0.6 is 0 Å². The third-order valence-electron chi connectivity index (χ3n) is 4.14. The first-order valence-electron chi connectivity index (χ1n) is 8.08. The zero-order chi connectivity index (χ0) is 18.7. The minimum Gasteiger partial charge on any atom is -0.459 e. The number of anilines is 1. The summed E-state index contributed by atoms with van der Waals surface area (Å²) in [5, 5.41) is 7.77. The Bertz CT molecular complexity index is 891. The van der Waals surface area contributed by atoms with Crippen LogP contribution in [-0.2, 0) is 20.6 Å². The van der Waals surface area contributed by atoms with Crippen molar-refractivity contribution in [3.05, 3.63) is 54.0 Å². The van der Waals surface area contributed by atoms with E-state index in [1.807, 2.05) is 0 Å². The normalized spacial score (nSPS) is 17.3. The number of hydrogen-bond donors (Lipinski definition) is 2. The van der Waals surface area contributed by atoms with Gasteiger partial charge in [0, 0.05) is 12.2 Å². The maximum absolute atomic E-state index is 12.6. The lowest BCUT2D eigenvalue weighted by Gasteiger charge is -2.23. The van der Waals surface area contributed by atoms with Gasteiger partial charge in [-0.1, -0.05) is 12.1 Å². The van der Waals surface area contributed by atoms with E-state index < -0.39 is 16.1 Å². The lowest BCUT2D eigenvalue weighted by Crippen LogP contribution is -2.43. The standard InChI is InChI=1S/C17H19N3O5S/c18-26(23,24)11-12-5-7-13(8-6-12)19-16(21)14-3-1-9-20(14)17(22)15-4-2-10-25-15/h2,4-8,10,14H,1,3,9,11H2,(H,19,21)(H2,18,23,24). The number of nitrogens with zero attached hydrogens (tertiary/aromatic N) is 1. The molecule has 1 atom stereocenters. The van der Waals surface area contributed by atoms with Crippen molar-refractivity contribution in [1.29, 1.82) is 0 Å². The van der Waals surface area contributed by atoms with E-state index in [4.69, 9.17) is 9.56 Å². The zero-order valence-corrected chi connectivity index (χ0v) is 14.7. The van der Waals surface area contributed by atoms with Crippen LogP contribution in [0.1, 0.15) is 29.0 Å². The molecule has 1 aromatic carbocycles. The van der Waals surface area contributed by atoms with Gasteiger partial charge in [0.2, 0.25) is 15.9 Å². The Morgan fingerprint density at radius 2 is 1.96 bits per heavy atom. The van der Waals surface area contributed by atoms with E-state index in [9.17, 15) is 18.0 Å². The summed E-state index contributed by atoms with van der Waals surface area (Å²) in [6, 6.07) is 9.00. The molecule has 26 heavy (non-hydrogen) atoms. The second kappa shape index (κ2) is 7.30. The molecule has 3 rings (SSSR count). The van der Waals surface area contributed by atoms with Crippen molar-refractivity contribution in [3.8, 4) is 0 Å². The van der Waals surface area contributed by atoms with Gasteiger partial charge in [0.05, 0.1) is 12.0 Å². The molecule has 0 saturated carbocycles. The minimum absolute atomic E-state index is 0.206. The van der Waals surface area contributed by atoms with Gasteiger partial charge in [0.1, 0.15) is 6.04 Å². The van der Waals surface area contributed by atoms with Crippen LogP contribution in [0.25, 0.3) is 0 Å². The van der Waals surface area contributed by atoms with Crippen molar-refractivity contribution in [2.45, 2.75) is 24.6 Å². The average Bonchev–Trinajstić information content (AvgIpc) is 3.26. The summed E-state index contributed by atoms with van der Waals surface area (Å²) in [6.07, 6.45) is 2.72. The van der Waals surface area contributed by atoms with Crippen molar-refractivity contribution in [3.63, 3.8) is 0 Å². The van der Waals surface area contributed by atoms with E-state index in [0.29, 0.717) is 24.2 Å². The first kappa shape index (κ1) is 18.2. The molecule has 1 aromatic heterocycles. The van der Waals surface area contributed by atoms with Gasteiger partial charge in [0.15, 0.2) is 5.76 Å². The summed E-state index contributed by atoms with van der Waals surface area (Å²) in [4.78, 5) is 26.5. The molecular formula is C17H19N3O5S. The van der Waals surface area contributed by atoms with E-state index in [0.717, 1.165) is 6.42 Å². The third kappa shape index (κ3) is 4.30. The number of carbonyl (C=O) groups is 2. The molecule has 0 aliphatic carbocycles. The van der Waals surface area contributed by atoms with Crippen LogP contribution in [0.5, 0.6) is 0 Å². The van der Waals surface area contributed by atoms with E-state index in [1.54, 1.807) is 36.4 Å². The van der Waals surface area contributed by atoms with Crippen LogP contribution in [0.4, 0.5) is 5.69 Å². The van der Waals surface area contributed by atoms with Gasteiger partial charge in [-0.3, -0.25) is 9.59 Å². The summed E-state index contributed by atoms with van der Waals surface area (Å²) in [5.41, 5.74) is 1.05. The van der Waals surface area contributed by atoms with Crippen LogP contribution in [0.15, 0.2) is 47.1 Å². The molecule has 0 radical (unpaired) electrons. The lowest BCUT2D eigenvalue weighted by molar-refractivity contribution is -0.119. The molecule has 1 saturated heterocycles. The van der Waals surface area contributed by atoms with E-state index in [1.165, 1.54) is 11.2 Å². The van der Waals surface area contributed by atoms with Crippen LogP contribution in [0, 0.1) is 0 Å². The van der Waals surface area contributed by atoms with Gasteiger partial charge in [-0.25, -0.2) is 13.6 Å². The highest BCUT2D eigenvalue weighted by Gasteiger charge is 2.35. The van der Waals surface area contributed by atoms with Crippen LogP contribution < -0.4 is 10.5 Å². The predicted molar refractivity (Wildman–Crippen MR) is 94.6 cm³/mol. The number of rotatable bonds is 5. The van der Waals surface area contributed by atoms with Crippen LogP contribution in [-0.4, -0.2) is 37.7 Å². The molecule has 1 aliphatic rings. The molecule has 0 bridgehead atoms. The number of amides is 2. The summed E-state index contributed by atoms with van der Waals surface area (Å²) < 4.78 is 27.3. The maximum Gasteiger partial charge on any atom is 0.290 e. The fourth-order valence-corrected chi connectivity index (χ4v) is 3.62. The SMILES string of the molecule is NS(=O)(=O)Cc1ccc(NC(=O)C2CCCN2C(=O)c2ccco2)cc1. The van der Waals surface area contributed by atoms with Gasteiger partial charge in [0.25, 0.3) is 5.91 Å². The maximum atomic E-state index is 12.6. The lowest BCUT2D eigenvalue weighted by atomic mass is 10.2. The molecule has 8 nitrogen and oxygen atoms in total. The molecule has 1 aliphatic heterocycles. The molecule has 138 valence electrons. The van der Waals surface area contributed by atoms with Crippen molar-refractivity contribution < 1.29 is 22.4 Å². The van der Waals surface area contributed by atoms with Crippen molar-refractivity contribution in [2.24, 2.45) is 5.14 Å². The first-order chi connectivity index (χ1) is 12.3. The third-order valence-corrected chi connectivity index (χ3v) is 4.87. The molecule has 9 heteroatoms. The Morgan fingerprint density at radius 3 is 2.58 bits per heavy atom. The number of nitrogens with one attached hydrogen (secondary N) is 1. The average molecular weight is 377 g/mol. The van der Waals surface area contributed by atoms with Gasteiger partial charge in [-0.2, -0.15) is 0 Å². The Balaban J connectivity index is 1.66. The zero-order valence-electron chi connectivity index (χ0n) is 13.9. The van der Waals surface area contributed by atoms with Crippen molar-refractivity contribution in [1.82, 2.24) is 4.90 Å². The molecule has 2 amide bonds. The minimum atomic E-state index is -3.60. The number of carbonyl (C=O) groups excluding carboxylic acids is 2. The Labute approximate surface area is 151 Å². The largest absolute Gasteiger partial charge is 0.459 e. The Hall–Kier alpha value is -2.65. The molecule has 1 unspecified atom stereocenters. The van der Waals surface area contributed by atoms with Crippen molar-refractivity contribution in [2.75, 3.05) is 11.9 Å². The Kier molecular flexibility index (Phi) is 5.10. The molecule has 2 aromatic rings. The van der Waals surface area contributed by atoms with Crippen LogP contribution in [0.2, 0.25) is 0 Å². The fraction of sp³-hybridized carbons (Fsp3) is 0.294. The number of hydrogen-bond acceptors (Lipinski definition) is 5. The summed E-state index contributed by atoms with van der Waals surface area (Å²) >= 11 is 0. The number of primary sulfonamides is 1. The van der Waals surface area contributed by atoms with Gasteiger partial charge in [-0.15, -0.1) is 0 Å². The molecule has 1 fully saturated rings. The highest BCUT2D eigenvalue weighted by atomic mass is 32.2. The molecular weight excluding hydrogens is 358 g/mol. The van der Waals surface area contributed by atoms with Gasteiger partial charge < -0.3 is 14.6 Å². The predicted octanol–water partition coefficient (Wildman–Crippen LogP) is 1.31.